The number of ether oxygens (including phenoxy) is 1. The molecule has 0 spiro atoms. The van der Waals surface area contributed by atoms with E-state index in [2.05, 4.69) is 20.5 Å². The van der Waals surface area contributed by atoms with Crippen LogP contribution in [0.3, 0.4) is 0 Å². The zero-order chi connectivity index (χ0) is 25.5. The summed E-state index contributed by atoms with van der Waals surface area (Å²) in [6.07, 6.45) is 6.50. The van der Waals surface area contributed by atoms with Crippen molar-refractivity contribution in [3.8, 4) is 5.75 Å². The Labute approximate surface area is 208 Å². The van der Waals surface area contributed by atoms with Crippen LogP contribution in [0.15, 0.2) is 67.0 Å². The number of amides is 2. The number of likely N-dealkylation sites (tertiary alicyclic amines) is 1. The maximum absolute atomic E-state index is 13.1. The van der Waals surface area contributed by atoms with Crippen LogP contribution in [0.5, 0.6) is 5.75 Å². The Morgan fingerprint density at radius 1 is 1.14 bits per heavy atom. The Bertz CT molecular complexity index is 1250. The van der Waals surface area contributed by atoms with Crippen molar-refractivity contribution in [2.45, 2.75) is 25.3 Å². The molecule has 3 aromatic rings. The van der Waals surface area contributed by atoms with Crippen LogP contribution in [0.4, 0.5) is 17.1 Å². The molecule has 10 nitrogen and oxygen atoms in total. The number of nitro groups is 1. The molecule has 2 N–H and O–H groups in total. The summed E-state index contributed by atoms with van der Waals surface area (Å²) in [5, 5.41) is 16.8. The highest BCUT2D eigenvalue weighted by molar-refractivity contribution is 6.10. The summed E-state index contributed by atoms with van der Waals surface area (Å²) in [7, 11) is 1.51. The van der Waals surface area contributed by atoms with Gasteiger partial charge in [0.2, 0.25) is 5.91 Å². The number of carbonyl (C=O) groups excluding carboxylic acids is 2. The molecule has 36 heavy (non-hydrogen) atoms. The zero-order valence-electron chi connectivity index (χ0n) is 19.8. The molecule has 0 radical (unpaired) electrons. The molecule has 2 amide bonds. The highest BCUT2D eigenvalue weighted by Crippen LogP contribution is 2.30. The highest BCUT2D eigenvalue weighted by Gasteiger charge is 2.26. The number of anilines is 2. The number of carbonyl (C=O) groups is 2. The van der Waals surface area contributed by atoms with E-state index in [1.54, 1.807) is 30.5 Å². The monoisotopic (exact) mass is 489 g/mol. The molecule has 0 saturated carbocycles. The van der Waals surface area contributed by atoms with Crippen molar-refractivity contribution >= 4 is 28.9 Å². The number of methoxy groups -OCH3 is 1. The SMILES string of the molecule is COc1cccc(NC(=O)c2cc([N+](=O)[O-])ccc2NC(=O)CN2CCCCC2c2cccnc2)c1. The minimum absolute atomic E-state index is 0.0113. The second kappa shape index (κ2) is 11.4. The van der Waals surface area contributed by atoms with Gasteiger partial charge in [0.25, 0.3) is 11.6 Å². The van der Waals surface area contributed by atoms with Gasteiger partial charge in [-0.2, -0.15) is 0 Å². The quantitative estimate of drug-likeness (QED) is 0.354. The number of non-ortho nitro benzene ring substituents is 1. The predicted octanol–water partition coefficient (Wildman–Crippen LogP) is 4.42. The maximum Gasteiger partial charge on any atom is 0.270 e. The lowest BCUT2D eigenvalue weighted by atomic mass is 9.96. The third-order valence-electron chi connectivity index (χ3n) is 6.09. The van der Waals surface area contributed by atoms with Crippen molar-refractivity contribution in [1.82, 2.24) is 9.88 Å². The number of pyridine rings is 1. The fraction of sp³-hybridized carbons (Fsp3) is 0.269. The Hall–Kier alpha value is -4.31. The topological polar surface area (TPSA) is 127 Å². The summed E-state index contributed by atoms with van der Waals surface area (Å²) >= 11 is 0. The van der Waals surface area contributed by atoms with Gasteiger partial charge in [-0.1, -0.05) is 18.6 Å². The predicted molar refractivity (Wildman–Crippen MR) is 135 cm³/mol. The summed E-state index contributed by atoms with van der Waals surface area (Å²) in [6, 6.07) is 14.5. The number of rotatable bonds is 8. The lowest BCUT2D eigenvalue weighted by molar-refractivity contribution is -0.384. The second-order valence-corrected chi connectivity index (χ2v) is 8.49. The number of hydrogen-bond donors (Lipinski definition) is 2. The zero-order valence-corrected chi connectivity index (χ0v) is 19.8. The van der Waals surface area contributed by atoms with Crippen LogP contribution >= 0.6 is 0 Å². The fourth-order valence-electron chi connectivity index (χ4n) is 4.35. The first-order valence-corrected chi connectivity index (χ1v) is 11.6. The smallest absolute Gasteiger partial charge is 0.270 e. The largest absolute Gasteiger partial charge is 0.497 e. The molecule has 1 unspecified atom stereocenters. The molecule has 10 heteroatoms. The van der Waals surface area contributed by atoms with Crippen LogP contribution in [0.2, 0.25) is 0 Å². The molecular formula is C26H27N5O5. The van der Waals surface area contributed by atoms with Crippen LogP contribution < -0.4 is 15.4 Å². The van der Waals surface area contributed by atoms with Gasteiger partial charge in [0.05, 0.1) is 29.8 Å². The lowest BCUT2D eigenvalue weighted by Crippen LogP contribution is -2.39. The normalized spacial score (nSPS) is 15.6. The van der Waals surface area contributed by atoms with Crippen molar-refractivity contribution < 1.29 is 19.2 Å². The molecule has 1 aliphatic rings. The van der Waals surface area contributed by atoms with Crippen molar-refractivity contribution in [1.29, 1.82) is 0 Å². The molecule has 1 aliphatic heterocycles. The van der Waals surface area contributed by atoms with Gasteiger partial charge in [-0.15, -0.1) is 0 Å². The minimum Gasteiger partial charge on any atom is -0.497 e. The molecule has 1 saturated heterocycles. The van der Waals surface area contributed by atoms with E-state index in [1.165, 1.54) is 19.2 Å². The maximum atomic E-state index is 13.1. The summed E-state index contributed by atoms with van der Waals surface area (Å²) in [5.41, 5.74) is 1.44. The fourth-order valence-corrected chi connectivity index (χ4v) is 4.35. The minimum atomic E-state index is -0.589. The molecule has 0 aliphatic carbocycles. The Balaban J connectivity index is 1.53. The molecule has 1 fully saturated rings. The van der Waals surface area contributed by atoms with Gasteiger partial charge < -0.3 is 15.4 Å². The van der Waals surface area contributed by atoms with Crippen LogP contribution in [0.25, 0.3) is 0 Å². The van der Waals surface area contributed by atoms with E-state index in [0.717, 1.165) is 37.4 Å². The molecule has 186 valence electrons. The van der Waals surface area contributed by atoms with Crippen molar-refractivity contribution in [2.24, 2.45) is 0 Å². The number of nitro benzene ring substituents is 1. The van der Waals surface area contributed by atoms with Gasteiger partial charge in [0, 0.05) is 42.3 Å². The highest BCUT2D eigenvalue weighted by atomic mass is 16.6. The number of nitrogens with one attached hydrogen (secondary N) is 2. The Morgan fingerprint density at radius 3 is 2.75 bits per heavy atom. The molecule has 1 aromatic heterocycles. The first-order chi connectivity index (χ1) is 17.4. The van der Waals surface area contributed by atoms with E-state index in [-0.39, 0.29) is 35.4 Å². The Kier molecular flexibility index (Phi) is 7.86. The first-order valence-electron chi connectivity index (χ1n) is 11.6. The van der Waals surface area contributed by atoms with Crippen molar-refractivity contribution in [3.63, 3.8) is 0 Å². The average Bonchev–Trinajstić information content (AvgIpc) is 2.89. The Morgan fingerprint density at radius 2 is 2.00 bits per heavy atom. The molecular weight excluding hydrogens is 462 g/mol. The van der Waals surface area contributed by atoms with E-state index in [0.29, 0.717) is 11.4 Å². The molecule has 4 rings (SSSR count). The van der Waals surface area contributed by atoms with Gasteiger partial charge in [-0.3, -0.25) is 29.6 Å². The number of benzene rings is 2. The molecule has 1 atom stereocenters. The van der Waals surface area contributed by atoms with Gasteiger partial charge in [-0.25, -0.2) is 0 Å². The van der Waals surface area contributed by atoms with Gasteiger partial charge in [0.15, 0.2) is 0 Å². The van der Waals surface area contributed by atoms with Crippen LogP contribution in [0, 0.1) is 10.1 Å². The van der Waals surface area contributed by atoms with Gasteiger partial charge in [0.1, 0.15) is 5.75 Å². The second-order valence-electron chi connectivity index (χ2n) is 8.49. The van der Waals surface area contributed by atoms with E-state index in [9.17, 15) is 19.7 Å². The summed E-state index contributed by atoms with van der Waals surface area (Å²) in [5.74, 6) is -0.353. The van der Waals surface area contributed by atoms with E-state index in [1.807, 2.05) is 18.3 Å². The standard InChI is InChI=1S/C26H27N5O5/c1-36-21-8-4-7-19(14-21)28-26(33)22-15-20(31(34)35)10-11-23(22)29-25(32)17-30-13-3-2-9-24(30)18-6-5-12-27-16-18/h4-8,10-12,14-16,24H,2-3,9,13,17H2,1H3,(H,28,33)(H,29,32). The number of hydrogen-bond acceptors (Lipinski definition) is 7. The third-order valence-corrected chi connectivity index (χ3v) is 6.09. The van der Waals surface area contributed by atoms with E-state index in [4.69, 9.17) is 4.74 Å². The van der Waals surface area contributed by atoms with Crippen molar-refractivity contribution in [3.05, 3.63) is 88.2 Å². The molecule has 2 aromatic carbocycles. The summed E-state index contributed by atoms with van der Waals surface area (Å²) < 4.78 is 5.18. The lowest BCUT2D eigenvalue weighted by Gasteiger charge is -2.35. The summed E-state index contributed by atoms with van der Waals surface area (Å²) in [4.78, 5) is 43.2. The van der Waals surface area contributed by atoms with E-state index >= 15 is 0 Å². The number of nitrogens with zero attached hydrogens (tertiary/aromatic N) is 3. The van der Waals surface area contributed by atoms with Crippen LogP contribution in [0.1, 0.15) is 41.2 Å². The summed E-state index contributed by atoms with van der Waals surface area (Å²) in [6.45, 7) is 0.879. The van der Waals surface area contributed by atoms with Crippen LogP contribution in [-0.4, -0.2) is 46.8 Å². The number of aromatic nitrogens is 1. The van der Waals surface area contributed by atoms with Gasteiger partial charge >= 0.3 is 0 Å². The van der Waals surface area contributed by atoms with Crippen LogP contribution in [-0.2, 0) is 4.79 Å². The molecule has 2 heterocycles. The van der Waals surface area contributed by atoms with Crippen molar-refractivity contribution in [2.75, 3.05) is 30.8 Å². The number of piperidine rings is 1. The van der Waals surface area contributed by atoms with Gasteiger partial charge in [-0.05, 0) is 49.2 Å². The average molecular weight is 490 g/mol. The van der Waals surface area contributed by atoms with E-state index < -0.39 is 10.8 Å². The molecule has 0 bridgehead atoms. The first kappa shape index (κ1) is 24.8. The third kappa shape index (κ3) is 6.02.